The lowest BCUT2D eigenvalue weighted by Crippen LogP contribution is -2.38. The lowest BCUT2D eigenvalue weighted by molar-refractivity contribution is -0.387. The van der Waals surface area contributed by atoms with Gasteiger partial charge in [-0.1, -0.05) is 0 Å². The fourth-order valence-corrected chi connectivity index (χ4v) is 1.91. The third-order valence-electron chi connectivity index (χ3n) is 2.86. The number of aliphatic hydroxyl groups is 2. The van der Waals surface area contributed by atoms with E-state index in [1.165, 1.54) is 0 Å². The Kier molecular flexibility index (Phi) is 3.46. The minimum absolute atomic E-state index is 0.116. The van der Waals surface area contributed by atoms with Gasteiger partial charge < -0.3 is 19.9 Å². The molecular weight excluding hydrogens is 262 g/mol. The Bertz CT molecular complexity index is 607. The highest BCUT2D eigenvalue weighted by atomic mass is 16.6. The van der Waals surface area contributed by atoms with E-state index in [0.29, 0.717) is 10.8 Å². The molecule has 1 fully saturated rings. The van der Waals surface area contributed by atoms with Gasteiger partial charge in [0.15, 0.2) is 0 Å². The highest BCUT2D eigenvalue weighted by Gasteiger charge is 2.36. The van der Waals surface area contributed by atoms with Crippen LogP contribution >= 0.6 is 0 Å². The predicted octanol–water partition coefficient (Wildman–Crippen LogP) is -1.91. The minimum atomic E-state index is -1.15. The average Bonchev–Trinajstić information content (AvgIpc) is 2.70. The third kappa shape index (κ3) is 2.28. The number of nitrogens with one attached hydrogen (secondary N) is 1. The van der Waals surface area contributed by atoms with E-state index in [0.717, 1.165) is 0 Å². The van der Waals surface area contributed by atoms with Crippen LogP contribution in [0.2, 0.25) is 0 Å². The number of aliphatic hydroxyl groups excluding tert-OH is 2. The second-order valence-corrected chi connectivity index (χ2v) is 4.03. The van der Waals surface area contributed by atoms with Crippen molar-refractivity contribution in [3.63, 3.8) is 0 Å². The molecule has 19 heavy (non-hydrogen) atoms. The quantitative estimate of drug-likeness (QED) is 0.429. The second kappa shape index (κ2) is 4.91. The summed E-state index contributed by atoms with van der Waals surface area (Å²) in [4.78, 5) is 35.1. The van der Waals surface area contributed by atoms with Crippen molar-refractivity contribution in [2.24, 2.45) is 0 Å². The van der Waals surface area contributed by atoms with Crippen molar-refractivity contribution in [2.45, 2.75) is 24.9 Å². The fraction of sp³-hybridized carbons (Fsp3) is 0.556. The summed E-state index contributed by atoms with van der Waals surface area (Å²) in [6, 6.07) is 0. The van der Waals surface area contributed by atoms with Crippen molar-refractivity contribution in [1.82, 2.24) is 9.55 Å². The van der Waals surface area contributed by atoms with Crippen molar-refractivity contribution in [1.29, 1.82) is 0 Å². The molecule has 0 radical (unpaired) electrons. The predicted molar refractivity (Wildman–Crippen MR) is 59.6 cm³/mol. The number of nitrogens with zero attached hydrogens (tertiary/aromatic N) is 2. The van der Waals surface area contributed by atoms with Gasteiger partial charge in [-0.15, -0.1) is 0 Å². The van der Waals surface area contributed by atoms with E-state index in [9.17, 15) is 24.8 Å². The van der Waals surface area contributed by atoms with Crippen LogP contribution in [0.1, 0.15) is 12.6 Å². The third-order valence-corrected chi connectivity index (χ3v) is 2.86. The number of ether oxygens (including phenoxy) is 1. The van der Waals surface area contributed by atoms with E-state index in [1.807, 2.05) is 0 Å². The number of H-pyrrole nitrogens is 1. The molecule has 1 saturated heterocycles. The fourth-order valence-electron chi connectivity index (χ4n) is 1.91. The Labute approximate surface area is 105 Å². The van der Waals surface area contributed by atoms with Gasteiger partial charge in [-0.25, -0.2) is 9.36 Å². The van der Waals surface area contributed by atoms with Crippen LogP contribution in [0.4, 0.5) is 5.69 Å². The minimum Gasteiger partial charge on any atom is -0.394 e. The molecule has 3 atom stereocenters. The monoisotopic (exact) mass is 273 g/mol. The Hall–Kier alpha value is -2.04. The summed E-state index contributed by atoms with van der Waals surface area (Å²) in [7, 11) is 0. The van der Waals surface area contributed by atoms with Gasteiger partial charge >= 0.3 is 16.9 Å². The Balaban J connectivity index is 2.46. The molecule has 0 bridgehead atoms. The van der Waals surface area contributed by atoms with E-state index >= 15 is 0 Å². The molecule has 2 heterocycles. The van der Waals surface area contributed by atoms with Crippen LogP contribution in [0, 0.1) is 10.1 Å². The summed E-state index contributed by atoms with van der Waals surface area (Å²) >= 11 is 0. The molecule has 0 amide bonds. The van der Waals surface area contributed by atoms with Gasteiger partial charge in [-0.2, -0.15) is 0 Å². The molecule has 0 aromatic carbocycles. The van der Waals surface area contributed by atoms with E-state index in [1.54, 1.807) is 0 Å². The zero-order chi connectivity index (χ0) is 14.2. The standard InChI is InChI=1S/C9H11N3O7/c13-3-6-5(14)1-7(19-6)11-8(15)4(12(17)18)2-10-9(11)16/h2,5-7,13-14H,1,3H2,(H,10,16)/t5?,6-,7-/m1/s1. The molecule has 104 valence electrons. The van der Waals surface area contributed by atoms with Crippen LogP contribution < -0.4 is 11.2 Å². The first-order chi connectivity index (χ1) is 8.95. The van der Waals surface area contributed by atoms with Crippen molar-refractivity contribution < 1.29 is 19.9 Å². The lowest BCUT2D eigenvalue weighted by Gasteiger charge is -2.13. The summed E-state index contributed by atoms with van der Waals surface area (Å²) < 4.78 is 5.65. The number of hydrogen-bond acceptors (Lipinski definition) is 7. The number of aromatic amines is 1. The maximum Gasteiger partial charge on any atom is 0.350 e. The van der Waals surface area contributed by atoms with Crippen LogP contribution in [-0.4, -0.2) is 43.5 Å². The molecule has 2 rings (SSSR count). The lowest BCUT2D eigenvalue weighted by atomic mass is 10.2. The first kappa shape index (κ1) is 13.4. The number of nitro groups is 1. The van der Waals surface area contributed by atoms with Crippen LogP contribution in [0.25, 0.3) is 0 Å². The molecule has 1 aromatic rings. The highest BCUT2D eigenvalue weighted by molar-refractivity contribution is 5.21. The molecule has 1 aliphatic heterocycles. The zero-order valence-corrected chi connectivity index (χ0v) is 9.55. The van der Waals surface area contributed by atoms with Gasteiger partial charge in [-0.3, -0.25) is 14.9 Å². The van der Waals surface area contributed by atoms with Crippen molar-refractivity contribution in [3.05, 3.63) is 37.1 Å². The maximum atomic E-state index is 11.8. The summed E-state index contributed by atoms with van der Waals surface area (Å²) in [6.07, 6.45) is -2.55. The molecule has 10 nitrogen and oxygen atoms in total. The van der Waals surface area contributed by atoms with Gasteiger partial charge in [-0.05, 0) is 0 Å². The molecule has 1 aliphatic rings. The Morgan fingerprint density at radius 1 is 1.58 bits per heavy atom. The summed E-state index contributed by atoms with van der Waals surface area (Å²) in [6.45, 7) is -0.487. The van der Waals surface area contributed by atoms with Crippen molar-refractivity contribution >= 4 is 5.69 Å². The molecule has 0 aliphatic carbocycles. The van der Waals surface area contributed by atoms with Crippen LogP contribution in [0.5, 0.6) is 0 Å². The first-order valence-corrected chi connectivity index (χ1v) is 5.38. The molecular formula is C9H11N3O7. The average molecular weight is 273 g/mol. The van der Waals surface area contributed by atoms with Crippen molar-refractivity contribution in [2.75, 3.05) is 6.61 Å². The van der Waals surface area contributed by atoms with Gasteiger partial charge in [0, 0.05) is 6.42 Å². The van der Waals surface area contributed by atoms with E-state index in [4.69, 9.17) is 9.84 Å². The number of aromatic nitrogens is 2. The molecule has 10 heteroatoms. The van der Waals surface area contributed by atoms with E-state index in [-0.39, 0.29) is 6.42 Å². The second-order valence-electron chi connectivity index (χ2n) is 4.03. The highest BCUT2D eigenvalue weighted by Crippen LogP contribution is 2.26. The summed E-state index contributed by atoms with van der Waals surface area (Å²) in [5, 5.41) is 29.1. The molecule has 0 spiro atoms. The smallest absolute Gasteiger partial charge is 0.350 e. The van der Waals surface area contributed by atoms with Crippen molar-refractivity contribution in [3.8, 4) is 0 Å². The molecule has 3 N–H and O–H groups in total. The topological polar surface area (TPSA) is 148 Å². The maximum absolute atomic E-state index is 11.8. The number of rotatable bonds is 3. The van der Waals surface area contributed by atoms with E-state index in [2.05, 4.69) is 4.98 Å². The molecule has 1 unspecified atom stereocenters. The van der Waals surface area contributed by atoms with Gasteiger partial charge in [0.25, 0.3) is 0 Å². The number of hydrogen-bond donors (Lipinski definition) is 3. The first-order valence-electron chi connectivity index (χ1n) is 5.38. The SMILES string of the molecule is O=c1[nH]cc([N+](=O)[O-])c(=O)n1[C@H]1CC(O)[C@@H](CO)O1. The van der Waals surface area contributed by atoms with Gasteiger partial charge in [0.1, 0.15) is 12.3 Å². The van der Waals surface area contributed by atoms with Crippen LogP contribution in [0.15, 0.2) is 15.8 Å². The zero-order valence-electron chi connectivity index (χ0n) is 9.55. The summed E-state index contributed by atoms with van der Waals surface area (Å²) in [5.74, 6) is 0. The van der Waals surface area contributed by atoms with Gasteiger partial charge in [0.2, 0.25) is 0 Å². The van der Waals surface area contributed by atoms with E-state index < -0.39 is 46.9 Å². The molecule has 0 saturated carbocycles. The Morgan fingerprint density at radius 2 is 2.26 bits per heavy atom. The van der Waals surface area contributed by atoms with Crippen LogP contribution in [0.3, 0.4) is 0 Å². The normalized spacial score (nSPS) is 26.5. The Morgan fingerprint density at radius 3 is 2.79 bits per heavy atom. The van der Waals surface area contributed by atoms with Gasteiger partial charge in [0.05, 0.1) is 23.8 Å². The van der Waals surface area contributed by atoms with Crippen LogP contribution in [-0.2, 0) is 4.74 Å². The molecule has 1 aromatic heterocycles. The largest absolute Gasteiger partial charge is 0.394 e. The summed E-state index contributed by atoms with van der Waals surface area (Å²) in [5.41, 5.74) is -2.80.